The van der Waals surface area contributed by atoms with Gasteiger partial charge in [-0.05, 0) is 23.6 Å². The molecular formula is C20H28N4O4S. The van der Waals surface area contributed by atoms with Gasteiger partial charge in [0.15, 0.2) is 0 Å². The number of carbonyl (C=O) groups excluding carboxylic acids is 3. The number of urea groups is 1. The van der Waals surface area contributed by atoms with Gasteiger partial charge >= 0.3 is 6.03 Å². The Kier molecular flexibility index (Phi) is 7.51. The summed E-state index contributed by atoms with van der Waals surface area (Å²) in [5.41, 5.74) is 1.48. The predicted octanol–water partition coefficient (Wildman–Crippen LogP) is 2.36. The number of imide groups is 1. The van der Waals surface area contributed by atoms with Crippen LogP contribution in [0.4, 0.5) is 15.3 Å². The van der Waals surface area contributed by atoms with Crippen LogP contribution in [0.15, 0.2) is 24.3 Å². The van der Waals surface area contributed by atoms with E-state index < -0.39 is 0 Å². The molecule has 2 fully saturated rings. The Hall–Kier alpha value is -2.10. The topological polar surface area (TPSA) is 91.0 Å². The van der Waals surface area contributed by atoms with E-state index in [0.29, 0.717) is 24.8 Å². The van der Waals surface area contributed by atoms with Gasteiger partial charge < -0.3 is 15.4 Å². The van der Waals surface area contributed by atoms with Crippen LogP contribution in [-0.4, -0.2) is 71.6 Å². The van der Waals surface area contributed by atoms with Crippen LogP contribution in [0, 0.1) is 5.92 Å². The van der Waals surface area contributed by atoms with E-state index in [9.17, 15) is 14.4 Å². The summed E-state index contributed by atoms with van der Waals surface area (Å²) in [4.78, 5) is 39.1. The normalized spacial score (nSPS) is 20.4. The molecule has 9 heteroatoms. The first-order valence-electron chi connectivity index (χ1n) is 9.85. The van der Waals surface area contributed by atoms with Gasteiger partial charge in [-0.3, -0.25) is 19.4 Å². The van der Waals surface area contributed by atoms with Crippen molar-refractivity contribution in [2.75, 3.05) is 43.9 Å². The maximum absolute atomic E-state index is 12.2. The second-order valence-corrected chi connectivity index (χ2v) is 8.64. The van der Waals surface area contributed by atoms with Gasteiger partial charge in [0.05, 0.1) is 25.0 Å². The molecule has 1 aromatic rings. The fourth-order valence-corrected chi connectivity index (χ4v) is 4.10. The maximum Gasteiger partial charge on any atom is 0.319 e. The first-order chi connectivity index (χ1) is 13.9. The Labute approximate surface area is 175 Å². The molecule has 0 aromatic heterocycles. The summed E-state index contributed by atoms with van der Waals surface area (Å²) in [7, 11) is 0. The molecule has 1 unspecified atom stereocenters. The molecule has 4 amide bonds. The van der Waals surface area contributed by atoms with Crippen molar-refractivity contribution in [2.24, 2.45) is 5.92 Å². The van der Waals surface area contributed by atoms with Gasteiger partial charge in [-0.15, -0.1) is 0 Å². The highest BCUT2D eigenvalue weighted by molar-refractivity contribution is 8.14. The number of thioether (sulfide) groups is 1. The van der Waals surface area contributed by atoms with Gasteiger partial charge in [0.25, 0.3) is 5.24 Å². The standard InChI is InChI=1S/C20H28N4O4S/c1-14(2)10-23-7-8-28-17(12-23)9-21-19(26)22-16-5-3-15(4-6-16)11-24-18(25)13-29-20(24)27/h3-6,14,17H,7-13H2,1-2H3,(H2,21,22,26). The van der Waals surface area contributed by atoms with Gasteiger partial charge in [-0.25, -0.2) is 4.79 Å². The zero-order chi connectivity index (χ0) is 20.8. The maximum atomic E-state index is 12.2. The molecule has 2 aliphatic heterocycles. The van der Waals surface area contributed by atoms with Crippen molar-refractivity contribution in [3.05, 3.63) is 29.8 Å². The van der Waals surface area contributed by atoms with E-state index in [1.807, 2.05) is 0 Å². The highest BCUT2D eigenvalue weighted by Gasteiger charge is 2.29. The number of hydrogen-bond donors (Lipinski definition) is 2. The van der Waals surface area contributed by atoms with Crippen molar-refractivity contribution < 1.29 is 19.1 Å². The Morgan fingerprint density at radius 2 is 2.03 bits per heavy atom. The molecule has 8 nitrogen and oxygen atoms in total. The SMILES string of the molecule is CC(C)CN1CCOC(CNC(=O)Nc2ccc(CN3C(=O)CSC3=O)cc2)C1. The second kappa shape index (κ2) is 10.1. The van der Waals surface area contributed by atoms with Crippen molar-refractivity contribution in [2.45, 2.75) is 26.5 Å². The first kappa shape index (κ1) is 21.6. The van der Waals surface area contributed by atoms with Crippen molar-refractivity contribution in [3.8, 4) is 0 Å². The lowest BCUT2D eigenvalue weighted by atomic mass is 10.2. The Bertz CT molecular complexity index is 725. The molecule has 2 aliphatic rings. The van der Waals surface area contributed by atoms with E-state index in [1.165, 1.54) is 4.90 Å². The minimum absolute atomic E-state index is 0.0102. The smallest absolute Gasteiger partial charge is 0.319 e. The molecule has 2 heterocycles. The largest absolute Gasteiger partial charge is 0.374 e. The number of anilines is 1. The van der Waals surface area contributed by atoms with Crippen LogP contribution in [0.2, 0.25) is 0 Å². The number of amides is 4. The summed E-state index contributed by atoms with van der Waals surface area (Å²) < 4.78 is 5.74. The fraction of sp³-hybridized carbons (Fsp3) is 0.550. The lowest BCUT2D eigenvalue weighted by molar-refractivity contribution is -0.125. The summed E-state index contributed by atoms with van der Waals surface area (Å²) in [6.07, 6.45) is -0.0102. The van der Waals surface area contributed by atoms with Crippen LogP contribution < -0.4 is 10.6 Å². The minimum Gasteiger partial charge on any atom is -0.374 e. The summed E-state index contributed by atoms with van der Waals surface area (Å²) in [6.45, 7) is 8.56. The summed E-state index contributed by atoms with van der Waals surface area (Å²) in [6, 6.07) is 6.83. The molecule has 0 spiro atoms. The number of hydrogen-bond acceptors (Lipinski definition) is 6. The van der Waals surface area contributed by atoms with Crippen LogP contribution in [0.5, 0.6) is 0 Å². The molecular weight excluding hydrogens is 392 g/mol. The van der Waals surface area contributed by atoms with Crippen molar-refractivity contribution >= 4 is 34.6 Å². The Balaban J connectivity index is 1.42. The molecule has 158 valence electrons. The van der Waals surface area contributed by atoms with Crippen LogP contribution in [0.3, 0.4) is 0 Å². The first-order valence-corrected chi connectivity index (χ1v) is 10.8. The van der Waals surface area contributed by atoms with Crippen LogP contribution in [0.25, 0.3) is 0 Å². The molecule has 2 N–H and O–H groups in total. The minimum atomic E-state index is -0.288. The van der Waals surface area contributed by atoms with Crippen LogP contribution >= 0.6 is 11.8 Å². The molecule has 0 saturated carbocycles. The summed E-state index contributed by atoms with van der Waals surface area (Å²) >= 11 is 1.02. The van der Waals surface area contributed by atoms with E-state index in [4.69, 9.17) is 4.74 Å². The number of ether oxygens (including phenoxy) is 1. The molecule has 1 aromatic carbocycles. The average Bonchev–Trinajstić information content (AvgIpc) is 3.00. The summed E-state index contributed by atoms with van der Waals surface area (Å²) in [5.74, 6) is 0.644. The Morgan fingerprint density at radius 3 is 2.69 bits per heavy atom. The zero-order valence-corrected chi connectivity index (χ0v) is 17.7. The molecule has 0 radical (unpaired) electrons. The van der Waals surface area contributed by atoms with Crippen molar-refractivity contribution in [1.82, 2.24) is 15.1 Å². The van der Waals surface area contributed by atoms with Gasteiger partial charge in [0.1, 0.15) is 0 Å². The molecule has 0 aliphatic carbocycles. The predicted molar refractivity (Wildman–Crippen MR) is 113 cm³/mol. The number of morpholine rings is 1. The monoisotopic (exact) mass is 420 g/mol. The van der Waals surface area contributed by atoms with Gasteiger partial charge in [-0.2, -0.15) is 0 Å². The van der Waals surface area contributed by atoms with Gasteiger partial charge in [0.2, 0.25) is 5.91 Å². The third-order valence-corrected chi connectivity index (χ3v) is 5.59. The van der Waals surface area contributed by atoms with E-state index in [0.717, 1.165) is 37.0 Å². The number of nitrogens with one attached hydrogen (secondary N) is 2. The average molecular weight is 421 g/mol. The molecule has 3 rings (SSSR count). The van der Waals surface area contributed by atoms with Gasteiger partial charge in [0, 0.05) is 31.9 Å². The van der Waals surface area contributed by atoms with Crippen molar-refractivity contribution in [1.29, 1.82) is 0 Å². The molecule has 1 atom stereocenters. The summed E-state index contributed by atoms with van der Waals surface area (Å²) in [5, 5.41) is 5.44. The highest BCUT2D eigenvalue weighted by Crippen LogP contribution is 2.21. The number of nitrogens with zero attached hydrogens (tertiary/aromatic N) is 2. The molecule has 2 saturated heterocycles. The number of rotatable bonds is 7. The quantitative estimate of drug-likeness (QED) is 0.704. The Morgan fingerprint density at radius 1 is 1.28 bits per heavy atom. The number of benzene rings is 1. The van der Waals surface area contributed by atoms with Crippen LogP contribution in [0.1, 0.15) is 19.4 Å². The third kappa shape index (κ3) is 6.45. The second-order valence-electron chi connectivity index (χ2n) is 7.71. The van der Waals surface area contributed by atoms with E-state index >= 15 is 0 Å². The van der Waals surface area contributed by atoms with Crippen molar-refractivity contribution in [3.63, 3.8) is 0 Å². The fourth-order valence-electron chi connectivity index (χ4n) is 3.38. The van der Waals surface area contributed by atoms with E-state index in [2.05, 4.69) is 29.4 Å². The lowest BCUT2D eigenvalue weighted by Gasteiger charge is -2.33. The highest BCUT2D eigenvalue weighted by atomic mass is 32.2. The lowest BCUT2D eigenvalue weighted by Crippen LogP contribution is -2.48. The number of carbonyl (C=O) groups is 3. The third-order valence-electron chi connectivity index (χ3n) is 4.73. The van der Waals surface area contributed by atoms with Gasteiger partial charge in [-0.1, -0.05) is 37.7 Å². The van der Waals surface area contributed by atoms with Crippen LogP contribution in [-0.2, 0) is 16.1 Å². The molecule has 29 heavy (non-hydrogen) atoms. The zero-order valence-electron chi connectivity index (χ0n) is 16.8. The van der Waals surface area contributed by atoms with E-state index in [-0.39, 0.29) is 35.6 Å². The molecule has 0 bridgehead atoms. The van der Waals surface area contributed by atoms with E-state index in [1.54, 1.807) is 24.3 Å².